The van der Waals surface area contributed by atoms with Crippen LogP contribution in [-0.4, -0.2) is 55.5 Å². The van der Waals surface area contributed by atoms with Crippen molar-refractivity contribution in [3.63, 3.8) is 0 Å². The molecule has 1 aromatic carbocycles. The van der Waals surface area contributed by atoms with E-state index in [2.05, 4.69) is 36.8 Å². The van der Waals surface area contributed by atoms with Crippen LogP contribution in [0.25, 0.3) is 22.2 Å². The maximum Gasteiger partial charge on any atom is 0.259 e. The number of benzene rings is 1. The van der Waals surface area contributed by atoms with Crippen molar-refractivity contribution in [2.24, 2.45) is 5.92 Å². The minimum Gasteiger partial charge on any atom is -0.415 e. The minimum atomic E-state index is -0.226. The van der Waals surface area contributed by atoms with Crippen LogP contribution < -0.4 is 15.5 Å². The zero-order valence-corrected chi connectivity index (χ0v) is 22.1. The van der Waals surface area contributed by atoms with Crippen LogP contribution in [0.15, 0.2) is 47.0 Å². The van der Waals surface area contributed by atoms with Crippen LogP contribution in [0, 0.1) is 17.2 Å². The van der Waals surface area contributed by atoms with Crippen molar-refractivity contribution in [2.75, 3.05) is 28.6 Å². The Morgan fingerprint density at radius 1 is 1.00 bits per heavy atom. The summed E-state index contributed by atoms with van der Waals surface area (Å²) in [6.45, 7) is 1.54. The largest absolute Gasteiger partial charge is 0.415 e. The van der Waals surface area contributed by atoms with E-state index in [0.717, 1.165) is 67.9 Å². The summed E-state index contributed by atoms with van der Waals surface area (Å²) in [6, 6.07) is 14.2. The molecule has 0 unspecified atom stereocenters. The second kappa shape index (κ2) is 11.3. The van der Waals surface area contributed by atoms with E-state index in [1.807, 2.05) is 36.4 Å². The molecule has 12 heteroatoms. The zero-order valence-electron chi connectivity index (χ0n) is 21.3. The molecule has 1 saturated heterocycles. The first kappa shape index (κ1) is 25.2. The van der Waals surface area contributed by atoms with Gasteiger partial charge in [-0.25, -0.2) is 4.98 Å². The van der Waals surface area contributed by atoms with E-state index < -0.39 is 0 Å². The highest BCUT2D eigenvalue weighted by Crippen LogP contribution is 2.33. The highest BCUT2D eigenvalue weighted by molar-refractivity contribution is 7.18. The molecule has 4 heterocycles. The summed E-state index contributed by atoms with van der Waals surface area (Å²) < 4.78 is 5.88. The predicted molar refractivity (Wildman–Crippen MR) is 149 cm³/mol. The third-order valence-electron chi connectivity index (χ3n) is 7.14. The van der Waals surface area contributed by atoms with Crippen molar-refractivity contribution in [3.05, 3.63) is 42.6 Å². The number of rotatable bonds is 7. The lowest BCUT2D eigenvalue weighted by Gasteiger charge is -2.31. The molecule has 0 atom stereocenters. The monoisotopic (exact) mass is 543 g/mol. The van der Waals surface area contributed by atoms with Crippen LogP contribution in [0.1, 0.15) is 38.5 Å². The highest BCUT2D eigenvalue weighted by Gasteiger charge is 2.23. The Kier molecular flexibility index (Phi) is 7.33. The van der Waals surface area contributed by atoms with Crippen LogP contribution in [0.4, 0.5) is 22.7 Å². The molecule has 200 valence electrons. The average molecular weight is 544 g/mol. The molecule has 39 heavy (non-hydrogen) atoms. The van der Waals surface area contributed by atoms with Gasteiger partial charge in [0.25, 0.3) is 5.89 Å². The molecule has 3 aromatic heterocycles. The SMILES string of the molecule is N#CC1CCN(c2cc(Nc3ncc(-c4nnc(-c5ccccc5)o4)s3)nc(NC3CCC(O)CC3)n2)CC1. The van der Waals surface area contributed by atoms with Gasteiger partial charge in [-0.2, -0.15) is 15.2 Å². The van der Waals surface area contributed by atoms with Gasteiger partial charge >= 0.3 is 0 Å². The van der Waals surface area contributed by atoms with Crippen molar-refractivity contribution >= 4 is 34.1 Å². The third kappa shape index (κ3) is 6.00. The first-order valence-corrected chi connectivity index (χ1v) is 14.0. The van der Waals surface area contributed by atoms with Gasteiger partial charge < -0.3 is 25.1 Å². The second-order valence-corrected chi connectivity index (χ2v) is 10.9. The van der Waals surface area contributed by atoms with E-state index in [4.69, 9.17) is 14.4 Å². The van der Waals surface area contributed by atoms with Gasteiger partial charge in [-0.1, -0.05) is 29.5 Å². The quantitative estimate of drug-likeness (QED) is 0.294. The molecule has 0 amide bonds. The van der Waals surface area contributed by atoms with Crippen molar-refractivity contribution < 1.29 is 9.52 Å². The average Bonchev–Trinajstić information content (AvgIpc) is 3.65. The lowest BCUT2D eigenvalue weighted by Crippen LogP contribution is -2.34. The molecule has 0 radical (unpaired) electrons. The van der Waals surface area contributed by atoms with Crippen LogP contribution in [0.2, 0.25) is 0 Å². The molecule has 11 nitrogen and oxygen atoms in total. The minimum absolute atomic E-state index is 0.0905. The summed E-state index contributed by atoms with van der Waals surface area (Å²) in [5, 5.41) is 35.0. The summed E-state index contributed by atoms with van der Waals surface area (Å²) in [4.78, 5) is 17.0. The van der Waals surface area contributed by atoms with Gasteiger partial charge in [-0.3, -0.25) is 0 Å². The Balaban J connectivity index is 1.21. The van der Waals surface area contributed by atoms with E-state index >= 15 is 0 Å². The summed E-state index contributed by atoms with van der Waals surface area (Å²) >= 11 is 1.40. The molecular weight excluding hydrogens is 514 g/mol. The summed E-state index contributed by atoms with van der Waals surface area (Å²) in [5.41, 5.74) is 0.860. The molecule has 2 fully saturated rings. The topological polar surface area (TPSA) is 149 Å². The van der Waals surface area contributed by atoms with E-state index in [1.54, 1.807) is 6.20 Å². The summed E-state index contributed by atoms with van der Waals surface area (Å²) in [7, 11) is 0. The number of aromatic nitrogens is 5. The molecule has 6 rings (SSSR count). The number of thiazole rings is 1. The van der Waals surface area contributed by atoms with Crippen molar-refractivity contribution in [2.45, 2.75) is 50.7 Å². The van der Waals surface area contributed by atoms with Gasteiger partial charge in [-0.15, -0.1) is 10.2 Å². The molecule has 4 aromatic rings. The highest BCUT2D eigenvalue weighted by atomic mass is 32.1. The zero-order chi connectivity index (χ0) is 26.6. The molecule has 0 spiro atoms. The number of hydrogen-bond acceptors (Lipinski definition) is 12. The van der Waals surface area contributed by atoms with Crippen molar-refractivity contribution in [3.8, 4) is 28.3 Å². The molecule has 3 N–H and O–H groups in total. The Morgan fingerprint density at radius 3 is 2.54 bits per heavy atom. The van der Waals surface area contributed by atoms with E-state index in [9.17, 15) is 10.4 Å². The van der Waals surface area contributed by atoms with E-state index in [0.29, 0.717) is 28.7 Å². The van der Waals surface area contributed by atoms with Crippen molar-refractivity contribution in [1.29, 1.82) is 5.26 Å². The Morgan fingerprint density at radius 2 is 1.77 bits per heavy atom. The molecule has 2 aliphatic rings. The lowest BCUT2D eigenvalue weighted by molar-refractivity contribution is 0.126. The first-order valence-electron chi connectivity index (χ1n) is 13.2. The molecule has 1 saturated carbocycles. The summed E-state index contributed by atoms with van der Waals surface area (Å²) in [6.07, 6.45) is 6.40. The Labute approximate surface area is 230 Å². The predicted octanol–water partition coefficient (Wildman–Crippen LogP) is 4.85. The lowest BCUT2D eigenvalue weighted by atomic mass is 9.93. The fraction of sp³-hybridized carbons (Fsp3) is 0.407. The number of nitrogens with one attached hydrogen (secondary N) is 2. The van der Waals surface area contributed by atoms with Gasteiger partial charge in [0.15, 0.2) is 5.13 Å². The van der Waals surface area contributed by atoms with Crippen molar-refractivity contribution in [1.82, 2.24) is 25.1 Å². The van der Waals surface area contributed by atoms with Gasteiger partial charge in [-0.05, 0) is 50.7 Å². The van der Waals surface area contributed by atoms with E-state index in [-0.39, 0.29) is 18.1 Å². The third-order valence-corrected chi connectivity index (χ3v) is 8.04. The number of aliphatic hydroxyl groups is 1. The first-order chi connectivity index (χ1) is 19.1. The fourth-order valence-electron chi connectivity index (χ4n) is 4.93. The maximum absolute atomic E-state index is 9.88. The maximum atomic E-state index is 9.88. The normalized spacial score (nSPS) is 19.9. The standard InChI is InChI=1S/C27H29N9O2S/c28-15-17-10-12-36(13-11-17)23-14-22(31-26(33-23)30-19-6-8-20(37)9-7-19)32-27-29-16-21(39-27)25-35-34-24(38-25)18-4-2-1-3-5-18/h1-5,14,16-17,19-20,37H,6-13H2,(H2,29,30,31,32,33). The Bertz CT molecular complexity index is 1430. The van der Waals surface area contributed by atoms with Gasteiger partial charge in [0.2, 0.25) is 11.8 Å². The molecule has 1 aliphatic heterocycles. The van der Waals surface area contributed by atoms with E-state index in [1.165, 1.54) is 11.3 Å². The van der Waals surface area contributed by atoms with Crippen LogP contribution in [-0.2, 0) is 0 Å². The van der Waals surface area contributed by atoms with Gasteiger partial charge in [0, 0.05) is 36.7 Å². The molecule has 0 bridgehead atoms. The van der Waals surface area contributed by atoms with Gasteiger partial charge in [0.05, 0.1) is 18.4 Å². The number of nitriles is 1. The number of hydrogen-bond donors (Lipinski definition) is 3. The molecular formula is C27H29N9O2S. The second-order valence-electron chi connectivity index (χ2n) is 9.91. The number of piperidine rings is 1. The number of nitrogens with zero attached hydrogens (tertiary/aromatic N) is 7. The number of anilines is 4. The van der Waals surface area contributed by atoms with Crippen LogP contribution in [0.5, 0.6) is 0 Å². The smallest absolute Gasteiger partial charge is 0.259 e. The Hall–Kier alpha value is -4.08. The number of aliphatic hydroxyl groups excluding tert-OH is 1. The summed E-state index contributed by atoms with van der Waals surface area (Å²) in [5.74, 6) is 2.93. The molecule has 1 aliphatic carbocycles. The van der Waals surface area contributed by atoms with Crippen LogP contribution >= 0.6 is 11.3 Å². The van der Waals surface area contributed by atoms with Gasteiger partial charge in [0.1, 0.15) is 16.5 Å². The fourth-order valence-corrected chi connectivity index (χ4v) is 5.67. The van der Waals surface area contributed by atoms with Crippen LogP contribution in [0.3, 0.4) is 0 Å².